The number of rotatable bonds is 7. The summed E-state index contributed by atoms with van der Waals surface area (Å²) in [4.78, 5) is 46.1. The molecule has 0 unspecified atom stereocenters. The Morgan fingerprint density at radius 1 is 1.23 bits per heavy atom. The number of amides is 1. The van der Waals surface area contributed by atoms with Crippen molar-refractivity contribution in [1.82, 2.24) is 9.97 Å². The van der Waals surface area contributed by atoms with Gasteiger partial charge in [-0.05, 0) is 61.9 Å². The highest BCUT2D eigenvalue weighted by Gasteiger charge is 2.20. The van der Waals surface area contributed by atoms with E-state index in [0.717, 1.165) is 42.5 Å². The Kier molecular flexibility index (Phi) is 6.72. The van der Waals surface area contributed by atoms with Gasteiger partial charge in [0, 0.05) is 10.6 Å². The highest BCUT2D eigenvalue weighted by atomic mass is 32.2. The molecular formula is C22H23N3O4S2. The summed E-state index contributed by atoms with van der Waals surface area (Å²) in [5, 5.41) is 3.94. The molecule has 0 saturated carbocycles. The summed E-state index contributed by atoms with van der Waals surface area (Å²) in [6.45, 7) is 2.31. The zero-order chi connectivity index (χ0) is 21.8. The van der Waals surface area contributed by atoms with Crippen LogP contribution in [0.3, 0.4) is 0 Å². The molecule has 31 heavy (non-hydrogen) atoms. The lowest BCUT2D eigenvalue weighted by atomic mass is 9.97. The molecular weight excluding hydrogens is 434 g/mol. The van der Waals surface area contributed by atoms with E-state index in [1.54, 1.807) is 35.6 Å². The van der Waals surface area contributed by atoms with Crippen LogP contribution in [0.25, 0.3) is 10.2 Å². The number of nitrogens with one attached hydrogen (secondary N) is 2. The van der Waals surface area contributed by atoms with Crippen molar-refractivity contribution < 1.29 is 14.3 Å². The second kappa shape index (κ2) is 9.65. The van der Waals surface area contributed by atoms with Crippen molar-refractivity contribution >= 4 is 50.9 Å². The Hall–Kier alpha value is -2.65. The van der Waals surface area contributed by atoms with Crippen LogP contribution >= 0.6 is 23.1 Å². The second-order valence-corrected chi connectivity index (χ2v) is 9.36. The van der Waals surface area contributed by atoms with E-state index < -0.39 is 0 Å². The number of benzene rings is 1. The number of aromatic nitrogens is 2. The van der Waals surface area contributed by atoms with E-state index in [0.29, 0.717) is 28.4 Å². The van der Waals surface area contributed by atoms with Crippen LogP contribution in [0.15, 0.2) is 34.2 Å². The first kappa shape index (κ1) is 21.6. The van der Waals surface area contributed by atoms with E-state index in [4.69, 9.17) is 4.74 Å². The van der Waals surface area contributed by atoms with E-state index >= 15 is 0 Å². The molecule has 1 amide bonds. The fraction of sp³-hybridized carbons (Fsp3) is 0.364. The van der Waals surface area contributed by atoms with Gasteiger partial charge in [0.1, 0.15) is 4.83 Å². The molecule has 7 nitrogen and oxygen atoms in total. The summed E-state index contributed by atoms with van der Waals surface area (Å²) >= 11 is 2.78. The number of nitrogens with zero attached hydrogens (tertiary/aromatic N) is 1. The molecule has 0 saturated heterocycles. The van der Waals surface area contributed by atoms with Crippen LogP contribution in [0, 0.1) is 0 Å². The number of carbonyl (C=O) groups excluding carboxylic acids is 2. The van der Waals surface area contributed by atoms with Gasteiger partial charge in [-0.1, -0.05) is 18.7 Å². The third-order valence-electron chi connectivity index (χ3n) is 4.98. The third-order valence-corrected chi connectivity index (χ3v) is 7.04. The number of aryl methyl sites for hydroxylation is 2. The minimum atomic E-state index is -0.379. The predicted molar refractivity (Wildman–Crippen MR) is 123 cm³/mol. The molecule has 1 aromatic carbocycles. The van der Waals surface area contributed by atoms with Crippen LogP contribution in [0.2, 0.25) is 0 Å². The number of aromatic amines is 1. The molecule has 3 aromatic rings. The van der Waals surface area contributed by atoms with E-state index in [9.17, 15) is 14.4 Å². The van der Waals surface area contributed by atoms with Gasteiger partial charge in [0.25, 0.3) is 5.56 Å². The van der Waals surface area contributed by atoms with Crippen LogP contribution < -0.4 is 10.9 Å². The number of carbonyl (C=O) groups is 2. The van der Waals surface area contributed by atoms with Crippen LogP contribution in [-0.2, 0) is 22.4 Å². The Morgan fingerprint density at radius 2 is 2.00 bits per heavy atom. The molecule has 2 aromatic heterocycles. The van der Waals surface area contributed by atoms with Gasteiger partial charge in [-0.25, -0.2) is 9.78 Å². The number of anilines is 1. The number of hydrogen-bond donors (Lipinski definition) is 2. The van der Waals surface area contributed by atoms with Gasteiger partial charge in [0.05, 0.1) is 23.3 Å². The van der Waals surface area contributed by atoms with Gasteiger partial charge in [-0.2, -0.15) is 0 Å². The minimum Gasteiger partial charge on any atom is -0.462 e. The molecule has 0 bridgehead atoms. The van der Waals surface area contributed by atoms with Crippen molar-refractivity contribution in [3.8, 4) is 0 Å². The van der Waals surface area contributed by atoms with E-state index in [2.05, 4.69) is 15.3 Å². The van der Waals surface area contributed by atoms with Gasteiger partial charge in [0.2, 0.25) is 5.91 Å². The van der Waals surface area contributed by atoms with Crippen molar-refractivity contribution in [3.63, 3.8) is 0 Å². The Balaban J connectivity index is 1.37. The van der Waals surface area contributed by atoms with E-state index in [1.807, 2.05) is 6.92 Å². The smallest absolute Gasteiger partial charge is 0.338 e. The minimum absolute atomic E-state index is 0.111. The number of ether oxygens (including phenoxy) is 1. The molecule has 0 spiro atoms. The number of hydrogen-bond acceptors (Lipinski definition) is 7. The first-order chi connectivity index (χ1) is 15.0. The predicted octanol–water partition coefficient (Wildman–Crippen LogP) is 4.16. The van der Waals surface area contributed by atoms with Crippen molar-refractivity contribution in [2.24, 2.45) is 0 Å². The maximum atomic E-state index is 12.6. The van der Waals surface area contributed by atoms with Crippen LogP contribution in [0.4, 0.5) is 5.69 Å². The van der Waals surface area contributed by atoms with Crippen LogP contribution in [-0.4, -0.2) is 34.2 Å². The lowest BCUT2D eigenvalue weighted by molar-refractivity contribution is -0.113. The second-order valence-electron chi connectivity index (χ2n) is 7.31. The molecule has 0 atom stereocenters. The standard InChI is InChI=1S/C22H23N3O4S2/c1-2-11-29-21(28)13-7-9-14(10-8-13)23-17(26)12-30-22-24-19(27)18-15-5-3-4-6-16(15)31-20(18)25-22/h7-10H,2-6,11-12H2,1H3,(H,23,26)(H,24,25,27). The average Bonchev–Trinajstić information content (AvgIpc) is 3.15. The molecule has 0 aliphatic heterocycles. The van der Waals surface area contributed by atoms with Gasteiger partial charge in [0.15, 0.2) is 5.16 Å². The van der Waals surface area contributed by atoms with Crippen molar-refractivity contribution in [3.05, 3.63) is 50.6 Å². The average molecular weight is 458 g/mol. The quantitative estimate of drug-likeness (QED) is 0.314. The highest BCUT2D eigenvalue weighted by Crippen LogP contribution is 2.34. The highest BCUT2D eigenvalue weighted by molar-refractivity contribution is 7.99. The van der Waals surface area contributed by atoms with Crippen LogP contribution in [0.1, 0.15) is 47.0 Å². The molecule has 2 heterocycles. The first-order valence-electron chi connectivity index (χ1n) is 10.3. The fourth-order valence-electron chi connectivity index (χ4n) is 3.51. The van der Waals surface area contributed by atoms with Gasteiger partial charge < -0.3 is 15.0 Å². The largest absolute Gasteiger partial charge is 0.462 e. The number of thioether (sulfide) groups is 1. The zero-order valence-corrected chi connectivity index (χ0v) is 18.8. The van der Waals surface area contributed by atoms with Crippen molar-refractivity contribution in [2.75, 3.05) is 17.7 Å². The molecule has 162 valence electrons. The summed E-state index contributed by atoms with van der Waals surface area (Å²) in [7, 11) is 0. The van der Waals surface area contributed by atoms with E-state index in [1.165, 1.54) is 16.6 Å². The summed E-state index contributed by atoms with van der Waals surface area (Å²) in [6.07, 6.45) is 4.97. The Morgan fingerprint density at radius 3 is 2.77 bits per heavy atom. The topological polar surface area (TPSA) is 101 Å². The molecule has 0 fully saturated rings. The molecule has 2 N–H and O–H groups in total. The van der Waals surface area contributed by atoms with Crippen molar-refractivity contribution in [2.45, 2.75) is 44.2 Å². The van der Waals surface area contributed by atoms with Gasteiger partial charge in [-0.3, -0.25) is 9.59 Å². The van der Waals surface area contributed by atoms with E-state index in [-0.39, 0.29) is 23.2 Å². The van der Waals surface area contributed by atoms with Gasteiger partial charge in [-0.15, -0.1) is 11.3 Å². The Labute approximate surface area is 187 Å². The summed E-state index contributed by atoms with van der Waals surface area (Å²) in [5.41, 5.74) is 2.05. The maximum absolute atomic E-state index is 12.6. The number of H-pyrrole nitrogens is 1. The summed E-state index contributed by atoms with van der Waals surface area (Å²) < 4.78 is 5.09. The van der Waals surface area contributed by atoms with Crippen molar-refractivity contribution in [1.29, 1.82) is 0 Å². The maximum Gasteiger partial charge on any atom is 0.338 e. The Bertz CT molecular complexity index is 1170. The molecule has 1 aliphatic rings. The molecule has 9 heteroatoms. The lowest BCUT2D eigenvalue weighted by Gasteiger charge is -2.09. The third kappa shape index (κ3) is 4.99. The monoisotopic (exact) mass is 457 g/mol. The first-order valence-corrected chi connectivity index (χ1v) is 12.1. The van der Waals surface area contributed by atoms with Crippen LogP contribution in [0.5, 0.6) is 0 Å². The SMILES string of the molecule is CCCOC(=O)c1ccc(NC(=O)CSc2nc3sc4c(c3c(=O)[nH]2)CCCC4)cc1. The normalized spacial score (nSPS) is 13.1. The lowest BCUT2D eigenvalue weighted by Crippen LogP contribution is -2.16. The molecule has 4 rings (SSSR count). The summed E-state index contributed by atoms with van der Waals surface area (Å²) in [5.74, 6) is -0.490. The molecule has 1 aliphatic carbocycles. The zero-order valence-electron chi connectivity index (χ0n) is 17.2. The number of thiophene rings is 1. The molecule has 0 radical (unpaired) electrons. The fourth-order valence-corrected chi connectivity index (χ4v) is 5.49. The van der Waals surface area contributed by atoms with Gasteiger partial charge >= 0.3 is 5.97 Å². The summed E-state index contributed by atoms with van der Waals surface area (Å²) in [6, 6.07) is 6.56. The number of esters is 1. The number of fused-ring (bicyclic) bond motifs is 3.